The van der Waals surface area contributed by atoms with Gasteiger partial charge >= 0.3 is 0 Å². The Morgan fingerprint density at radius 3 is 2.79 bits per heavy atom. The van der Waals surface area contributed by atoms with Gasteiger partial charge in [-0.25, -0.2) is 0 Å². The molecule has 0 saturated heterocycles. The van der Waals surface area contributed by atoms with Gasteiger partial charge in [-0.3, -0.25) is 0 Å². The molecule has 19 heavy (non-hydrogen) atoms. The van der Waals surface area contributed by atoms with Crippen molar-refractivity contribution in [1.29, 1.82) is 0 Å². The molecule has 1 fully saturated rings. The first-order valence-corrected chi connectivity index (χ1v) is 7.37. The fourth-order valence-corrected chi connectivity index (χ4v) is 2.20. The van der Waals surface area contributed by atoms with E-state index in [-0.39, 0.29) is 0 Å². The van der Waals surface area contributed by atoms with Crippen LogP contribution in [0.1, 0.15) is 18.5 Å². The fraction of sp³-hybridized carbons (Fsp3) is 0.286. The van der Waals surface area contributed by atoms with E-state index < -0.39 is 0 Å². The summed E-state index contributed by atoms with van der Waals surface area (Å²) in [7, 11) is 0. The lowest BCUT2D eigenvalue weighted by Gasteiger charge is -2.05. The van der Waals surface area contributed by atoms with Gasteiger partial charge in [0, 0.05) is 22.2 Å². The topological polar surface area (TPSA) is 47.0 Å². The van der Waals surface area contributed by atoms with E-state index in [1.54, 1.807) is 0 Å². The number of halogens is 1. The molecule has 2 aromatic rings. The van der Waals surface area contributed by atoms with E-state index in [2.05, 4.69) is 38.1 Å². The van der Waals surface area contributed by atoms with E-state index in [0.717, 1.165) is 21.6 Å². The molecule has 1 N–H and O–H groups in total. The summed E-state index contributed by atoms with van der Waals surface area (Å²) in [5, 5.41) is 11.7. The summed E-state index contributed by atoms with van der Waals surface area (Å²) in [4.78, 5) is 0. The molecule has 1 aliphatic carbocycles. The monoisotopic (exact) mass is 367 g/mol. The van der Waals surface area contributed by atoms with E-state index in [4.69, 9.17) is 4.74 Å². The molecule has 4 nitrogen and oxygen atoms in total. The number of ether oxygens (including phenoxy) is 1. The highest BCUT2D eigenvalue weighted by atomic mass is 127. The highest BCUT2D eigenvalue weighted by molar-refractivity contribution is 14.1. The molecular weight excluding hydrogens is 353 g/mol. The van der Waals surface area contributed by atoms with Gasteiger partial charge < -0.3 is 10.1 Å². The van der Waals surface area contributed by atoms with E-state index >= 15 is 0 Å². The predicted octanol–water partition coefficient (Wildman–Crippen LogP) is 3.13. The Kier molecular flexibility index (Phi) is 3.93. The zero-order chi connectivity index (χ0) is 13.1. The highest BCUT2D eigenvalue weighted by Crippen LogP contribution is 2.21. The third-order valence-corrected chi connectivity index (χ3v) is 3.53. The molecule has 1 heterocycles. The number of nitrogens with zero attached hydrogens (tertiary/aromatic N) is 2. The van der Waals surface area contributed by atoms with E-state index in [0.29, 0.717) is 11.9 Å². The average molecular weight is 367 g/mol. The number of hydrogen-bond acceptors (Lipinski definition) is 4. The van der Waals surface area contributed by atoms with Crippen molar-refractivity contribution in [1.82, 2.24) is 15.5 Å². The number of benzene rings is 1. The molecule has 0 unspecified atom stereocenters. The quantitative estimate of drug-likeness (QED) is 0.825. The summed E-state index contributed by atoms with van der Waals surface area (Å²) < 4.78 is 6.79. The highest BCUT2D eigenvalue weighted by Gasteiger charge is 2.20. The van der Waals surface area contributed by atoms with Gasteiger partial charge in [0.1, 0.15) is 5.75 Å². The molecular formula is C14H14IN3O. The SMILES string of the molecule is Ic1cccc(Oc2ccc(CNC3CC3)nn2)c1. The first kappa shape index (κ1) is 12.8. The summed E-state index contributed by atoms with van der Waals surface area (Å²) >= 11 is 2.25. The van der Waals surface area contributed by atoms with Crippen LogP contribution in [0.15, 0.2) is 36.4 Å². The Balaban J connectivity index is 1.61. The number of rotatable bonds is 5. The van der Waals surface area contributed by atoms with Gasteiger partial charge in [-0.2, -0.15) is 5.10 Å². The van der Waals surface area contributed by atoms with Crippen LogP contribution >= 0.6 is 22.6 Å². The third kappa shape index (κ3) is 3.87. The second kappa shape index (κ2) is 5.83. The summed E-state index contributed by atoms with van der Waals surface area (Å²) in [6, 6.07) is 12.3. The smallest absolute Gasteiger partial charge is 0.238 e. The van der Waals surface area contributed by atoms with Crippen molar-refractivity contribution in [3.05, 3.63) is 45.7 Å². The lowest BCUT2D eigenvalue weighted by Crippen LogP contribution is -2.16. The van der Waals surface area contributed by atoms with Crippen molar-refractivity contribution in [3.63, 3.8) is 0 Å². The minimum atomic E-state index is 0.525. The van der Waals surface area contributed by atoms with Gasteiger partial charge in [0.15, 0.2) is 0 Å². The minimum absolute atomic E-state index is 0.525. The van der Waals surface area contributed by atoms with Gasteiger partial charge in [-0.05, 0) is 59.7 Å². The Morgan fingerprint density at radius 1 is 1.21 bits per heavy atom. The molecule has 5 heteroatoms. The second-order valence-electron chi connectivity index (χ2n) is 4.58. The molecule has 1 aromatic heterocycles. The number of hydrogen-bond donors (Lipinski definition) is 1. The van der Waals surface area contributed by atoms with Crippen molar-refractivity contribution >= 4 is 22.6 Å². The molecule has 3 rings (SSSR count). The summed E-state index contributed by atoms with van der Waals surface area (Å²) in [5.74, 6) is 1.31. The summed E-state index contributed by atoms with van der Waals surface area (Å²) in [6.07, 6.45) is 2.56. The van der Waals surface area contributed by atoms with Gasteiger partial charge in [0.2, 0.25) is 5.88 Å². The van der Waals surface area contributed by atoms with Crippen molar-refractivity contribution in [2.75, 3.05) is 0 Å². The van der Waals surface area contributed by atoms with Crippen molar-refractivity contribution < 1.29 is 4.74 Å². The van der Waals surface area contributed by atoms with E-state index in [1.165, 1.54) is 12.8 Å². The molecule has 0 radical (unpaired) electrons. The van der Waals surface area contributed by atoms with E-state index in [9.17, 15) is 0 Å². The van der Waals surface area contributed by atoms with Crippen molar-refractivity contribution in [2.45, 2.75) is 25.4 Å². The van der Waals surface area contributed by atoms with Crippen LogP contribution in [-0.4, -0.2) is 16.2 Å². The molecule has 1 aromatic carbocycles. The van der Waals surface area contributed by atoms with Crippen LogP contribution in [0.4, 0.5) is 0 Å². The van der Waals surface area contributed by atoms with Crippen LogP contribution in [0.2, 0.25) is 0 Å². The Labute approximate surface area is 125 Å². The van der Waals surface area contributed by atoms with Gasteiger partial charge in [0.05, 0.1) is 5.69 Å². The standard InChI is InChI=1S/C14H14IN3O/c15-10-2-1-3-13(8-10)19-14-7-6-12(17-18-14)9-16-11-4-5-11/h1-3,6-8,11,16H,4-5,9H2. The van der Waals surface area contributed by atoms with Crippen LogP contribution in [0, 0.1) is 3.57 Å². The normalized spacial score (nSPS) is 14.4. The molecule has 1 aliphatic rings. The molecule has 1 saturated carbocycles. The van der Waals surface area contributed by atoms with E-state index in [1.807, 2.05) is 36.4 Å². The Hall–Kier alpha value is -1.21. The van der Waals surface area contributed by atoms with Crippen LogP contribution in [0.25, 0.3) is 0 Å². The first-order valence-electron chi connectivity index (χ1n) is 6.29. The van der Waals surface area contributed by atoms with Crippen LogP contribution < -0.4 is 10.1 Å². The lowest BCUT2D eigenvalue weighted by molar-refractivity contribution is 0.452. The van der Waals surface area contributed by atoms with Gasteiger partial charge in [-0.15, -0.1) is 5.10 Å². The summed E-state index contributed by atoms with van der Waals surface area (Å²) in [5.41, 5.74) is 0.946. The molecule has 0 amide bonds. The van der Waals surface area contributed by atoms with Crippen LogP contribution in [0.3, 0.4) is 0 Å². The fourth-order valence-electron chi connectivity index (χ4n) is 1.68. The van der Waals surface area contributed by atoms with Crippen LogP contribution in [-0.2, 0) is 6.54 Å². The van der Waals surface area contributed by atoms with Crippen LogP contribution in [0.5, 0.6) is 11.6 Å². The summed E-state index contributed by atoms with van der Waals surface area (Å²) in [6.45, 7) is 0.779. The Bertz CT molecular complexity index is 555. The van der Waals surface area contributed by atoms with Crippen molar-refractivity contribution in [2.24, 2.45) is 0 Å². The van der Waals surface area contributed by atoms with Gasteiger partial charge in [0.25, 0.3) is 0 Å². The third-order valence-electron chi connectivity index (χ3n) is 2.86. The largest absolute Gasteiger partial charge is 0.437 e. The predicted molar refractivity (Wildman–Crippen MR) is 81.1 cm³/mol. The second-order valence-corrected chi connectivity index (χ2v) is 5.82. The lowest BCUT2D eigenvalue weighted by atomic mass is 10.3. The first-order chi connectivity index (χ1) is 9.29. The van der Waals surface area contributed by atoms with Gasteiger partial charge in [-0.1, -0.05) is 6.07 Å². The molecule has 0 bridgehead atoms. The van der Waals surface area contributed by atoms with Crippen molar-refractivity contribution in [3.8, 4) is 11.6 Å². The average Bonchev–Trinajstić information content (AvgIpc) is 3.22. The minimum Gasteiger partial charge on any atom is -0.437 e. The number of aromatic nitrogens is 2. The number of nitrogens with one attached hydrogen (secondary N) is 1. The molecule has 0 spiro atoms. The molecule has 98 valence electrons. The Morgan fingerprint density at radius 2 is 2.11 bits per heavy atom. The molecule has 0 aliphatic heterocycles. The molecule has 0 atom stereocenters. The zero-order valence-electron chi connectivity index (χ0n) is 10.3. The maximum atomic E-state index is 5.65. The maximum absolute atomic E-state index is 5.65. The maximum Gasteiger partial charge on any atom is 0.238 e. The zero-order valence-corrected chi connectivity index (χ0v) is 12.5.